The first-order valence-electron chi connectivity index (χ1n) is 13.2. The largest absolute Gasteiger partial charge is 0.497 e. The van der Waals surface area contributed by atoms with E-state index in [0.29, 0.717) is 47.7 Å². The number of carbonyl (C=O) groups is 2. The minimum Gasteiger partial charge on any atom is -0.497 e. The van der Waals surface area contributed by atoms with Crippen LogP contribution in [0.25, 0.3) is 11.3 Å². The standard InChI is InChI=1S/C29H31Cl2N5O3/c1-39-23-5-2-4-21(16-23)26-10-11-27(33-32-26)34-12-3-13-35(15-14-34)28(37)19-36(18-20-6-7-20)29(38)24-9-8-22(30)17-25(24)31/h2,4-5,8-11,16-17,20H,3,6-7,12-15,18-19H2,1H3. The summed E-state index contributed by atoms with van der Waals surface area (Å²) in [6, 6.07) is 16.5. The lowest BCUT2D eigenvalue weighted by molar-refractivity contribution is -0.131. The Bertz CT molecular complexity index is 1330. The molecule has 1 saturated heterocycles. The maximum Gasteiger partial charge on any atom is 0.255 e. The maximum atomic E-state index is 13.4. The summed E-state index contributed by atoms with van der Waals surface area (Å²) in [6.45, 7) is 3.16. The molecular weight excluding hydrogens is 537 g/mol. The van der Waals surface area contributed by atoms with Gasteiger partial charge in [-0.05, 0) is 67.6 Å². The Balaban J connectivity index is 1.22. The highest BCUT2D eigenvalue weighted by molar-refractivity contribution is 6.36. The van der Waals surface area contributed by atoms with E-state index in [-0.39, 0.29) is 18.4 Å². The average molecular weight is 569 g/mol. The molecule has 0 bridgehead atoms. The van der Waals surface area contributed by atoms with E-state index >= 15 is 0 Å². The molecule has 1 aliphatic heterocycles. The molecule has 2 heterocycles. The topological polar surface area (TPSA) is 78.9 Å². The monoisotopic (exact) mass is 567 g/mol. The zero-order valence-corrected chi connectivity index (χ0v) is 23.4. The molecule has 0 spiro atoms. The van der Waals surface area contributed by atoms with Crippen molar-refractivity contribution in [3.05, 3.63) is 70.2 Å². The third-order valence-electron chi connectivity index (χ3n) is 7.14. The summed E-state index contributed by atoms with van der Waals surface area (Å²) in [5.41, 5.74) is 2.07. The smallest absolute Gasteiger partial charge is 0.255 e. The third kappa shape index (κ3) is 6.81. The number of rotatable bonds is 8. The SMILES string of the molecule is COc1cccc(-c2ccc(N3CCCN(C(=O)CN(CC4CC4)C(=O)c4ccc(Cl)cc4Cl)CC3)nn2)c1. The van der Waals surface area contributed by atoms with E-state index in [0.717, 1.165) is 48.6 Å². The summed E-state index contributed by atoms with van der Waals surface area (Å²) in [5.74, 6) is 1.68. The van der Waals surface area contributed by atoms with Crippen LogP contribution in [0.4, 0.5) is 5.82 Å². The van der Waals surface area contributed by atoms with E-state index in [9.17, 15) is 9.59 Å². The van der Waals surface area contributed by atoms with Crippen LogP contribution in [-0.2, 0) is 4.79 Å². The van der Waals surface area contributed by atoms with Gasteiger partial charge in [0, 0.05) is 43.3 Å². The normalized spacial score (nSPS) is 15.6. The highest BCUT2D eigenvalue weighted by Gasteiger charge is 2.31. The summed E-state index contributed by atoms with van der Waals surface area (Å²) in [4.78, 5) is 32.3. The van der Waals surface area contributed by atoms with E-state index in [1.54, 1.807) is 30.2 Å². The fraction of sp³-hybridized carbons (Fsp3) is 0.379. The molecule has 1 aliphatic carbocycles. The molecule has 0 unspecified atom stereocenters. The summed E-state index contributed by atoms with van der Waals surface area (Å²) < 4.78 is 5.31. The number of nitrogens with zero attached hydrogens (tertiary/aromatic N) is 5. The number of halogens is 2. The Morgan fingerprint density at radius 1 is 1.00 bits per heavy atom. The van der Waals surface area contributed by atoms with Crippen LogP contribution in [0, 0.1) is 5.92 Å². The van der Waals surface area contributed by atoms with Crippen molar-refractivity contribution in [3.63, 3.8) is 0 Å². The third-order valence-corrected chi connectivity index (χ3v) is 7.69. The van der Waals surface area contributed by atoms with Gasteiger partial charge in [-0.3, -0.25) is 9.59 Å². The molecule has 8 nitrogen and oxygen atoms in total. The van der Waals surface area contributed by atoms with Crippen LogP contribution in [-0.4, -0.2) is 78.2 Å². The molecule has 2 amide bonds. The van der Waals surface area contributed by atoms with Gasteiger partial charge in [-0.15, -0.1) is 10.2 Å². The highest BCUT2D eigenvalue weighted by Crippen LogP contribution is 2.31. The van der Waals surface area contributed by atoms with Crippen molar-refractivity contribution in [1.82, 2.24) is 20.0 Å². The molecule has 0 atom stereocenters. The van der Waals surface area contributed by atoms with Crippen LogP contribution in [0.15, 0.2) is 54.6 Å². The van der Waals surface area contributed by atoms with Gasteiger partial charge < -0.3 is 19.4 Å². The fourth-order valence-electron chi connectivity index (χ4n) is 4.75. The molecular formula is C29H31Cl2N5O3. The molecule has 2 aromatic carbocycles. The van der Waals surface area contributed by atoms with Crippen molar-refractivity contribution in [2.75, 3.05) is 51.3 Å². The average Bonchev–Trinajstić information content (AvgIpc) is 3.79. The molecule has 204 valence electrons. The summed E-state index contributed by atoms with van der Waals surface area (Å²) in [7, 11) is 1.64. The number of hydrogen-bond acceptors (Lipinski definition) is 6. The number of hydrogen-bond donors (Lipinski definition) is 0. The molecule has 3 aromatic rings. The number of carbonyl (C=O) groups excluding carboxylic acids is 2. The van der Waals surface area contributed by atoms with Crippen molar-refractivity contribution in [2.45, 2.75) is 19.3 Å². The number of anilines is 1. The number of ether oxygens (including phenoxy) is 1. The second kappa shape index (κ2) is 12.2. The lowest BCUT2D eigenvalue weighted by Crippen LogP contribution is -2.45. The van der Waals surface area contributed by atoms with E-state index in [2.05, 4.69) is 15.1 Å². The summed E-state index contributed by atoms with van der Waals surface area (Å²) in [5, 5.41) is 9.65. The Morgan fingerprint density at radius 2 is 1.85 bits per heavy atom. The van der Waals surface area contributed by atoms with Crippen LogP contribution in [0.3, 0.4) is 0 Å². The Morgan fingerprint density at radius 3 is 2.56 bits per heavy atom. The molecule has 0 N–H and O–H groups in total. The Labute approximate surface area is 238 Å². The van der Waals surface area contributed by atoms with Crippen LogP contribution < -0.4 is 9.64 Å². The summed E-state index contributed by atoms with van der Waals surface area (Å²) >= 11 is 12.3. The van der Waals surface area contributed by atoms with Crippen molar-refractivity contribution in [1.29, 1.82) is 0 Å². The fourth-order valence-corrected chi connectivity index (χ4v) is 5.24. The molecule has 2 aliphatic rings. The maximum absolute atomic E-state index is 13.4. The quantitative estimate of drug-likeness (QED) is 0.379. The molecule has 39 heavy (non-hydrogen) atoms. The Kier molecular flexibility index (Phi) is 8.53. The molecule has 0 radical (unpaired) electrons. The second-order valence-corrected chi connectivity index (χ2v) is 10.8. The zero-order chi connectivity index (χ0) is 27.4. The van der Waals surface area contributed by atoms with Gasteiger partial charge in [-0.1, -0.05) is 35.3 Å². The first kappa shape index (κ1) is 27.2. The van der Waals surface area contributed by atoms with Gasteiger partial charge in [-0.2, -0.15) is 0 Å². The minimum atomic E-state index is -0.236. The second-order valence-electron chi connectivity index (χ2n) is 9.98. The van der Waals surface area contributed by atoms with Gasteiger partial charge in [0.05, 0.1) is 23.4 Å². The number of amides is 2. The predicted octanol–water partition coefficient (Wildman–Crippen LogP) is 5.05. The van der Waals surface area contributed by atoms with E-state index < -0.39 is 0 Å². The number of benzene rings is 2. The highest BCUT2D eigenvalue weighted by atomic mass is 35.5. The molecule has 1 aromatic heterocycles. The van der Waals surface area contributed by atoms with Crippen molar-refractivity contribution < 1.29 is 14.3 Å². The van der Waals surface area contributed by atoms with Gasteiger partial charge in [0.15, 0.2) is 5.82 Å². The van der Waals surface area contributed by atoms with Crippen LogP contribution in [0.2, 0.25) is 10.0 Å². The predicted molar refractivity (Wildman–Crippen MR) is 153 cm³/mol. The molecule has 2 fully saturated rings. The first-order chi connectivity index (χ1) is 18.9. The molecule has 1 saturated carbocycles. The van der Waals surface area contributed by atoms with E-state index in [4.69, 9.17) is 27.9 Å². The zero-order valence-electron chi connectivity index (χ0n) is 21.9. The summed E-state index contributed by atoms with van der Waals surface area (Å²) in [6.07, 6.45) is 2.94. The van der Waals surface area contributed by atoms with Gasteiger partial charge in [-0.25, -0.2) is 0 Å². The van der Waals surface area contributed by atoms with Gasteiger partial charge in [0.2, 0.25) is 5.91 Å². The van der Waals surface area contributed by atoms with Crippen molar-refractivity contribution >= 4 is 40.8 Å². The van der Waals surface area contributed by atoms with Crippen molar-refractivity contribution in [3.8, 4) is 17.0 Å². The van der Waals surface area contributed by atoms with Gasteiger partial charge >= 0.3 is 0 Å². The number of methoxy groups -OCH3 is 1. The van der Waals surface area contributed by atoms with E-state index in [1.807, 2.05) is 41.3 Å². The molecule has 10 heteroatoms. The number of aromatic nitrogens is 2. The molecule has 5 rings (SSSR count). The van der Waals surface area contributed by atoms with Crippen molar-refractivity contribution in [2.24, 2.45) is 5.92 Å². The van der Waals surface area contributed by atoms with Crippen LogP contribution in [0.5, 0.6) is 5.75 Å². The van der Waals surface area contributed by atoms with Gasteiger partial charge in [0.1, 0.15) is 12.3 Å². The lowest BCUT2D eigenvalue weighted by Gasteiger charge is -2.27. The van der Waals surface area contributed by atoms with E-state index in [1.165, 1.54) is 0 Å². The minimum absolute atomic E-state index is 0.0311. The lowest BCUT2D eigenvalue weighted by atomic mass is 10.1. The first-order valence-corrected chi connectivity index (χ1v) is 13.9. The Hall–Kier alpha value is -3.36. The van der Waals surface area contributed by atoms with Crippen LogP contribution >= 0.6 is 23.2 Å². The van der Waals surface area contributed by atoms with Gasteiger partial charge in [0.25, 0.3) is 5.91 Å². The van der Waals surface area contributed by atoms with Crippen LogP contribution in [0.1, 0.15) is 29.6 Å².